The first-order valence-electron chi connectivity index (χ1n) is 8.20. The van der Waals surface area contributed by atoms with Crippen molar-refractivity contribution in [2.75, 3.05) is 36.9 Å². The SMILES string of the molecule is COc1cc(C(=O)Nc2cc(F)ccc2F)cc(NC(=O)CCSC)c1OC. The molecule has 0 aliphatic carbocycles. The molecule has 2 rings (SSSR count). The second kappa shape index (κ2) is 9.93. The normalized spacial score (nSPS) is 10.3. The van der Waals surface area contributed by atoms with Crippen molar-refractivity contribution in [1.29, 1.82) is 0 Å². The number of nitrogens with one attached hydrogen (secondary N) is 2. The molecule has 0 spiro atoms. The molecule has 28 heavy (non-hydrogen) atoms. The van der Waals surface area contributed by atoms with Crippen LogP contribution < -0.4 is 20.1 Å². The Morgan fingerprint density at radius 2 is 1.79 bits per heavy atom. The van der Waals surface area contributed by atoms with Crippen molar-refractivity contribution in [2.45, 2.75) is 6.42 Å². The van der Waals surface area contributed by atoms with E-state index in [9.17, 15) is 18.4 Å². The van der Waals surface area contributed by atoms with Crippen LogP contribution in [0.25, 0.3) is 0 Å². The summed E-state index contributed by atoms with van der Waals surface area (Å²) in [4.78, 5) is 24.6. The van der Waals surface area contributed by atoms with Crippen molar-refractivity contribution >= 4 is 35.0 Å². The standard InChI is InChI=1S/C19H20F2N2O4S/c1-26-16-9-11(19(25)23-14-10-12(20)4-5-13(14)21)8-15(18(16)27-2)22-17(24)6-7-28-3/h4-5,8-10H,6-7H2,1-3H3,(H,22,24)(H,23,25). The third kappa shape index (κ3) is 5.35. The molecular formula is C19H20F2N2O4S. The van der Waals surface area contributed by atoms with Crippen LogP contribution in [0, 0.1) is 11.6 Å². The molecule has 0 bridgehead atoms. The Hall–Kier alpha value is -2.81. The molecule has 0 heterocycles. The van der Waals surface area contributed by atoms with Gasteiger partial charge in [-0.15, -0.1) is 0 Å². The predicted octanol–water partition coefficient (Wildman–Crippen LogP) is 3.93. The number of thioether (sulfide) groups is 1. The minimum atomic E-state index is -0.777. The van der Waals surface area contributed by atoms with E-state index >= 15 is 0 Å². The van der Waals surface area contributed by atoms with E-state index in [1.54, 1.807) is 0 Å². The van der Waals surface area contributed by atoms with Gasteiger partial charge in [0.25, 0.3) is 5.91 Å². The second-order valence-corrected chi connectivity index (χ2v) is 6.61. The Bertz CT molecular complexity index is 877. The Morgan fingerprint density at radius 1 is 1.04 bits per heavy atom. The van der Waals surface area contributed by atoms with Gasteiger partial charge in [-0.2, -0.15) is 11.8 Å². The molecule has 0 unspecified atom stereocenters. The molecule has 2 amide bonds. The summed E-state index contributed by atoms with van der Waals surface area (Å²) in [5, 5.41) is 4.98. The minimum Gasteiger partial charge on any atom is -0.493 e. The highest BCUT2D eigenvalue weighted by molar-refractivity contribution is 7.98. The number of amides is 2. The molecule has 0 aromatic heterocycles. The van der Waals surface area contributed by atoms with Crippen molar-refractivity contribution in [3.05, 3.63) is 47.5 Å². The van der Waals surface area contributed by atoms with E-state index in [-0.39, 0.29) is 40.8 Å². The van der Waals surface area contributed by atoms with Gasteiger partial charge in [0.2, 0.25) is 5.91 Å². The molecule has 6 nitrogen and oxygen atoms in total. The summed E-state index contributed by atoms with van der Waals surface area (Å²) in [6.07, 6.45) is 2.16. The number of hydrogen-bond acceptors (Lipinski definition) is 5. The smallest absolute Gasteiger partial charge is 0.255 e. The summed E-state index contributed by atoms with van der Waals surface area (Å²) in [5.74, 6) is -1.35. The molecule has 0 aliphatic heterocycles. The average molecular weight is 410 g/mol. The van der Waals surface area contributed by atoms with Crippen molar-refractivity contribution in [3.63, 3.8) is 0 Å². The largest absolute Gasteiger partial charge is 0.493 e. The number of halogens is 2. The topological polar surface area (TPSA) is 76.7 Å². The van der Waals surface area contributed by atoms with Crippen LogP contribution in [0.5, 0.6) is 11.5 Å². The lowest BCUT2D eigenvalue weighted by atomic mass is 10.1. The molecule has 2 N–H and O–H groups in total. The number of methoxy groups -OCH3 is 2. The number of carbonyl (C=O) groups is 2. The summed E-state index contributed by atoms with van der Waals surface area (Å²) in [6.45, 7) is 0. The van der Waals surface area contributed by atoms with Crippen molar-refractivity contribution in [2.24, 2.45) is 0 Å². The lowest BCUT2D eigenvalue weighted by molar-refractivity contribution is -0.115. The van der Waals surface area contributed by atoms with Crippen LogP contribution in [-0.2, 0) is 4.79 Å². The van der Waals surface area contributed by atoms with Gasteiger partial charge in [0.15, 0.2) is 11.5 Å². The van der Waals surface area contributed by atoms with Crippen LogP contribution in [-0.4, -0.2) is 38.0 Å². The summed E-state index contributed by atoms with van der Waals surface area (Å²) in [5.41, 5.74) is 0.00429. The Morgan fingerprint density at radius 3 is 2.43 bits per heavy atom. The lowest BCUT2D eigenvalue weighted by Crippen LogP contribution is -2.16. The molecule has 0 radical (unpaired) electrons. The zero-order chi connectivity index (χ0) is 20.7. The van der Waals surface area contributed by atoms with Gasteiger partial charge in [-0.3, -0.25) is 9.59 Å². The third-order valence-corrected chi connectivity index (χ3v) is 4.34. The molecule has 0 saturated carbocycles. The second-order valence-electron chi connectivity index (χ2n) is 5.63. The summed E-state index contributed by atoms with van der Waals surface area (Å²) < 4.78 is 37.6. The van der Waals surface area contributed by atoms with Gasteiger partial charge in [-0.25, -0.2) is 8.78 Å². The van der Waals surface area contributed by atoms with E-state index in [1.165, 1.54) is 38.1 Å². The number of rotatable bonds is 8. The van der Waals surface area contributed by atoms with E-state index in [0.717, 1.165) is 18.2 Å². The fraction of sp³-hybridized carbons (Fsp3) is 0.263. The van der Waals surface area contributed by atoms with Gasteiger partial charge in [-0.05, 0) is 30.5 Å². The van der Waals surface area contributed by atoms with Crippen LogP contribution in [0.2, 0.25) is 0 Å². The van der Waals surface area contributed by atoms with Crippen LogP contribution in [0.4, 0.5) is 20.2 Å². The number of anilines is 2. The lowest BCUT2D eigenvalue weighted by Gasteiger charge is -2.16. The van der Waals surface area contributed by atoms with Gasteiger partial charge in [-0.1, -0.05) is 0 Å². The van der Waals surface area contributed by atoms with Crippen LogP contribution >= 0.6 is 11.8 Å². The average Bonchev–Trinajstić information content (AvgIpc) is 2.68. The molecule has 150 valence electrons. The van der Waals surface area contributed by atoms with E-state index in [1.807, 2.05) is 6.26 Å². The highest BCUT2D eigenvalue weighted by Gasteiger charge is 2.19. The van der Waals surface area contributed by atoms with E-state index in [4.69, 9.17) is 9.47 Å². The van der Waals surface area contributed by atoms with Crippen LogP contribution in [0.1, 0.15) is 16.8 Å². The fourth-order valence-electron chi connectivity index (χ4n) is 2.38. The Labute approximate surface area is 165 Å². The molecule has 0 fully saturated rings. The van der Waals surface area contributed by atoms with Crippen molar-refractivity contribution in [3.8, 4) is 11.5 Å². The Kier molecular flexibility index (Phi) is 7.62. The number of carbonyl (C=O) groups excluding carboxylic acids is 2. The van der Waals surface area contributed by atoms with Crippen LogP contribution in [0.15, 0.2) is 30.3 Å². The number of benzene rings is 2. The fourth-order valence-corrected chi connectivity index (χ4v) is 2.77. The molecule has 0 aliphatic rings. The Balaban J connectivity index is 2.35. The highest BCUT2D eigenvalue weighted by Crippen LogP contribution is 2.37. The zero-order valence-electron chi connectivity index (χ0n) is 15.6. The predicted molar refractivity (Wildman–Crippen MR) is 105 cm³/mol. The maximum Gasteiger partial charge on any atom is 0.255 e. The molecular weight excluding hydrogens is 390 g/mol. The first-order valence-corrected chi connectivity index (χ1v) is 9.60. The van der Waals surface area contributed by atoms with Gasteiger partial charge in [0.05, 0.1) is 25.6 Å². The van der Waals surface area contributed by atoms with E-state index in [2.05, 4.69) is 10.6 Å². The van der Waals surface area contributed by atoms with Gasteiger partial charge >= 0.3 is 0 Å². The van der Waals surface area contributed by atoms with Crippen LogP contribution in [0.3, 0.4) is 0 Å². The van der Waals surface area contributed by atoms with E-state index < -0.39 is 17.5 Å². The van der Waals surface area contributed by atoms with Crippen molar-refractivity contribution in [1.82, 2.24) is 0 Å². The zero-order valence-corrected chi connectivity index (χ0v) is 16.4. The molecule has 2 aromatic carbocycles. The summed E-state index contributed by atoms with van der Waals surface area (Å²) in [7, 11) is 2.78. The summed E-state index contributed by atoms with van der Waals surface area (Å²) >= 11 is 1.52. The van der Waals surface area contributed by atoms with Crippen molar-refractivity contribution < 1.29 is 27.8 Å². The molecule has 9 heteroatoms. The first-order chi connectivity index (χ1) is 13.4. The van der Waals surface area contributed by atoms with E-state index in [0.29, 0.717) is 5.75 Å². The quantitative estimate of drug-likeness (QED) is 0.690. The first kappa shape index (κ1) is 21.5. The monoisotopic (exact) mass is 410 g/mol. The summed E-state index contributed by atoms with van der Waals surface area (Å²) in [6, 6.07) is 5.49. The minimum absolute atomic E-state index is 0.0708. The maximum atomic E-state index is 13.8. The van der Waals surface area contributed by atoms with Gasteiger partial charge in [0.1, 0.15) is 11.6 Å². The van der Waals surface area contributed by atoms with Gasteiger partial charge < -0.3 is 20.1 Å². The molecule has 0 saturated heterocycles. The highest BCUT2D eigenvalue weighted by atomic mass is 32.2. The third-order valence-electron chi connectivity index (χ3n) is 3.73. The molecule has 2 aromatic rings. The maximum absolute atomic E-state index is 13.8. The number of ether oxygens (including phenoxy) is 2. The number of hydrogen-bond donors (Lipinski definition) is 2. The molecule has 0 atom stereocenters. The van der Waals surface area contributed by atoms with Gasteiger partial charge in [0, 0.05) is 23.8 Å².